The molecule has 0 bridgehead atoms. The van der Waals surface area contributed by atoms with Crippen LogP contribution < -0.4 is 0 Å². The van der Waals surface area contributed by atoms with Gasteiger partial charge in [0.05, 0.1) is 17.5 Å². The summed E-state index contributed by atoms with van der Waals surface area (Å²) >= 11 is 3.67. The molecule has 3 aromatic rings. The fraction of sp³-hybridized carbons (Fsp3) is 0.296. The Hall–Kier alpha value is -2.01. The highest BCUT2D eigenvalue weighted by molar-refractivity contribution is 9.10. The van der Waals surface area contributed by atoms with Crippen LogP contribution in [0.5, 0.6) is 0 Å². The summed E-state index contributed by atoms with van der Waals surface area (Å²) in [5, 5.41) is 0. The van der Waals surface area contributed by atoms with Gasteiger partial charge in [-0.1, -0.05) is 97.4 Å². The Labute approximate surface area is 197 Å². The zero-order valence-corrected chi connectivity index (χ0v) is 21.6. The molecule has 0 heterocycles. The van der Waals surface area contributed by atoms with E-state index in [0.717, 1.165) is 39.0 Å². The van der Waals surface area contributed by atoms with Crippen LogP contribution in [0.2, 0.25) is 13.1 Å². The minimum absolute atomic E-state index is 0.00735. The van der Waals surface area contributed by atoms with Crippen LogP contribution in [0.4, 0.5) is 5.69 Å². The van der Waals surface area contributed by atoms with Gasteiger partial charge in [-0.15, -0.1) is 0 Å². The van der Waals surface area contributed by atoms with E-state index in [-0.39, 0.29) is 11.5 Å². The van der Waals surface area contributed by atoms with Crippen LogP contribution in [0.25, 0.3) is 0 Å². The van der Waals surface area contributed by atoms with Gasteiger partial charge in [0.1, 0.15) is 0 Å². The summed E-state index contributed by atoms with van der Waals surface area (Å²) in [5.74, 6) is 0. The monoisotopic (exact) mass is 492 g/mol. The predicted molar refractivity (Wildman–Crippen MR) is 138 cm³/mol. The molecule has 0 fully saturated rings. The van der Waals surface area contributed by atoms with Gasteiger partial charge in [-0.05, 0) is 43.1 Å². The summed E-state index contributed by atoms with van der Waals surface area (Å²) in [7, 11) is -0.876. The van der Waals surface area contributed by atoms with Crippen LogP contribution >= 0.6 is 15.9 Å². The molecule has 1 unspecified atom stereocenters. The van der Waals surface area contributed by atoms with E-state index < -0.39 is 9.04 Å². The van der Waals surface area contributed by atoms with Crippen molar-refractivity contribution < 1.29 is 4.43 Å². The van der Waals surface area contributed by atoms with Crippen molar-refractivity contribution in [2.45, 2.75) is 46.4 Å². The summed E-state index contributed by atoms with van der Waals surface area (Å²) in [4.78, 5) is 5.23. The molecule has 0 amide bonds. The Morgan fingerprint density at radius 3 is 1.94 bits per heavy atom. The van der Waals surface area contributed by atoms with Crippen LogP contribution in [0, 0.1) is 5.41 Å². The topological polar surface area (TPSA) is 21.6 Å². The molecule has 3 aromatic carbocycles. The second-order valence-corrected chi connectivity index (χ2v) is 12.1. The predicted octanol–water partition coefficient (Wildman–Crippen LogP) is 8.36. The van der Waals surface area contributed by atoms with Gasteiger partial charge in [0.15, 0.2) is 0 Å². The Morgan fingerprint density at radius 1 is 0.903 bits per heavy atom. The van der Waals surface area contributed by atoms with Gasteiger partial charge in [0.2, 0.25) is 9.04 Å². The van der Waals surface area contributed by atoms with E-state index in [1.165, 1.54) is 0 Å². The molecule has 0 spiro atoms. The molecular formula is C27H31BrNOSi. The average molecular weight is 494 g/mol. The maximum atomic E-state index is 6.51. The van der Waals surface area contributed by atoms with Gasteiger partial charge < -0.3 is 4.43 Å². The van der Waals surface area contributed by atoms with Crippen molar-refractivity contribution in [2.24, 2.45) is 10.4 Å². The summed E-state index contributed by atoms with van der Waals surface area (Å²) in [5.41, 5.74) is 5.42. The van der Waals surface area contributed by atoms with E-state index in [1.54, 1.807) is 0 Å². The second kappa shape index (κ2) is 10.5. The second-order valence-electron chi connectivity index (χ2n) is 9.18. The SMILES string of the molecule is C[Si](C)OC(CC(C)(C)C)c1cc(Br)ccc1N=C(c1ccccc1)c1ccccc1. The van der Waals surface area contributed by atoms with Gasteiger partial charge >= 0.3 is 0 Å². The molecule has 3 rings (SSSR count). The number of rotatable bonds is 7. The maximum Gasteiger partial charge on any atom is 0.205 e. The Morgan fingerprint density at radius 2 is 1.45 bits per heavy atom. The van der Waals surface area contributed by atoms with Gasteiger partial charge in [-0.25, -0.2) is 4.99 Å². The third kappa shape index (κ3) is 6.99. The summed E-state index contributed by atoms with van der Waals surface area (Å²) in [6, 6.07) is 27.1. The van der Waals surface area contributed by atoms with Crippen LogP contribution in [-0.4, -0.2) is 14.8 Å². The zero-order chi connectivity index (χ0) is 22.4. The first-order valence-electron chi connectivity index (χ1n) is 10.7. The first-order valence-corrected chi connectivity index (χ1v) is 13.9. The molecule has 1 radical (unpaired) electrons. The molecule has 0 saturated carbocycles. The van der Waals surface area contributed by atoms with Crippen LogP contribution in [0.3, 0.4) is 0 Å². The molecule has 0 aliphatic carbocycles. The summed E-state index contributed by atoms with van der Waals surface area (Å²) in [6.45, 7) is 11.2. The van der Waals surface area contributed by atoms with E-state index >= 15 is 0 Å². The molecule has 0 N–H and O–H groups in total. The van der Waals surface area contributed by atoms with Crippen LogP contribution in [0.15, 0.2) is 88.3 Å². The average Bonchev–Trinajstić information content (AvgIpc) is 2.72. The summed E-state index contributed by atoms with van der Waals surface area (Å²) < 4.78 is 7.56. The summed E-state index contributed by atoms with van der Waals surface area (Å²) in [6.07, 6.45) is 0.946. The number of hydrogen-bond acceptors (Lipinski definition) is 2. The van der Waals surface area contributed by atoms with Gasteiger partial charge in [0.25, 0.3) is 0 Å². The minimum Gasteiger partial charge on any atom is -0.410 e. The highest BCUT2D eigenvalue weighted by Crippen LogP contribution is 2.39. The Kier molecular flexibility index (Phi) is 8.04. The Bertz CT molecular complexity index is 969. The smallest absolute Gasteiger partial charge is 0.205 e. The highest BCUT2D eigenvalue weighted by Gasteiger charge is 2.25. The van der Waals surface area contributed by atoms with Crippen LogP contribution in [-0.2, 0) is 4.43 Å². The number of halogens is 1. The molecule has 2 nitrogen and oxygen atoms in total. The molecule has 0 aromatic heterocycles. The van der Waals surface area contributed by atoms with E-state index in [9.17, 15) is 0 Å². The molecule has 0 aliphatic heterocycles. The van der Waals surface area contributed by atoms with E-state index in [1.807, 2.05) is 12.1 Å². The molecule has 31 heavy (non-hydrogen) atoms. The first kappa shape index (κ1) is 23.6. The maximum absolute atomic E-state index is 6.51. The lowest BCUT2D eigenvalue weighted by atomic mass is 9.86. The van der Waals surface area contributed by atoms with Crippen LogP contribution in [0.1, 0.15) is 50.0 Å². The van der Waals surface area contributed by atoms with E-state index in [2.05, 4.69) is 117 Å². The fourth-order valence-corrected chi connectivity index (χ4v) is 4.71. The van der Waals surface area contributed by atoms with Crippen molar-refractivity contribution in [1.82, 2.24) is 0 Å². The van der Waals surface area contributed by atoms with E-state index in [4.69, 9.17) is 9.42 Å². The lowest BCUT2D eigenvalue weighted by Crippen LogP contribution is -2.20. The van der Waals surface area contributed by atoms with Gasteiger partial charge in [-0.2, -0.15) is 0 Å². The molecule has 1 atom stereocenters. The third-order valence-corrected chi connectivity index (χ3v) is 6.09. The van der Waals surface area contributed by atoms with Crippen molar-refractivity contribution in [1.29, 1.82) is 0 Å². The van der Waals surface area contributed by atoms with E-state index in [0.29, 0.717) is 0 Å². The molecule has 0 saturated heterocycles. The molecule has 161 valence electrons. The number of aliphatic imine (C=N–C) groups is 1. The van der Waals surface area contributed by atoms with Gasteiger partial charge in [-0.3, -0.25) is 0 Å². The molecule has 0 aliphatic rings. The number of hydrogen-bond donors (Lipinski definition) is 0. The fourth-order valence-electron chi connectivity index (χ4n) is 3.55. The van der Waals surface area contributed by atoms with Crippen molar-refractivity contribution >= 4 is 36.4 Å². The molecule has 4 heteroatoms. The number of nitrogens with zero attached hydrogens (tertiary/aromatic N) is 1. The molecular weight excluding hydrogens is 462 g/mol. The van der Waals surface area contributed by atoms with Crippen molar-refractivity contribution in [2.75, 3.05) is 0 Å². The normalized spacial score (nSPS) is 12.6. The van der Waals surface area contributed by atoms with Crippen molar-refractivity contribution in [3.63, 3.8) is 0 Å². The van der Waals surface area contributed by atoms with Crippen molar-refractivity contribution in [3.05, 3.63) is 100 Å². The quantitative estimate of drug-likeness (QED) is 0.239. The van der Waals surface area contributed by atoms with Gasteiger partial charge in [0, 0.05) is 21.2 Å². The lowest BCUT2D eigenvalue weighted by molar-refractivity contribution is 0.147. The number of benzene rings is 3. The Balaban J connectivity index is 2.17. The van der Waals surface area contributed by atoms with Crippen molar-refractivity contribution in [3.8, 4) is 0 Å². The largest absolute Gasteiger partial charge is 0.410 e. The zero-order valence-electron chi connectivity index (χ0n) is 19.0. The lowest BCUT2D eigenvalue weighted by Gasteiger charge is -2.29. The highest BCUT2D eigenvalue weighted by atomic mass is 79.9. The minimum atomic E-state index is -0.876. The first-order chi connectivity index (χ1) is 14.7. The standard InChI is InChI=1S/C27H31BrNOSi/c1-27(2,3)19-25(30-31(4)5)23-18-22(28)16-17-24(23)29-26(20-12-8-6-9-13-20)21-14-10-7-11-15-21/h6-18,25H,19H2,1-5H3. The third-order valence-electron chi connectivity index (χ3n) is 4.84.